The van der Waals surface area contributed by atoms with Crippen molar-refractivity contribution in [3.05, 3.63) is 57.3 Å². The molecule has 2 aromatic rings. The highest BCUT2D eigenvalue weighted by Gasteiger charge is 2.30. The Bertz CT molecular complexity index is 969. The summed E-state index contributed by atoms with van der Waals surface area (Å²) >= 11 is 1.60. The second-order valence-corrected chi connectivity index (χ2v) is 9.65. The first kappa shape index (κ1) is 19.8. The van der Waals surface area contributed by atoms with Crippen LogP contribution >= 0.6 is 11.3 Å². The summed E-state index contributed by atoms with van der Waals surface area (Å²) in [6.45, 7) is 7.13. The number of carbonyl (C=O) groups is 1. The van der Waals surface area contributed by atoms with E-state index >= 15 is 0 Å². The minimum Gasteiger partial charge on any atom is -0.337 e. The van der Waals surface area contributed by atoms with Gasteiger partial charge in [-0.3, -0.25) is 4.79 Å². The quantitative estimate of drug-likeness (QED) is 0.735. The molecular formula is C20H24N2O3S2. The van der Waals surface area contributed by atoms with Crippen LogP contribution in [0.3, 0.4) is 0 Å². The Morgan fingerprint density at radius 3 is 2.37 bits per heavy atom. The Morgan fingerprint density at radius 1 is 1.04 bits per heavy atom. The Hall–Kier alpha value is -1.96. The average Bonchev–Trinajstić information content (AvgIpc) is 3.06. The van der Waals surface area contributed by atoms with E-state index in [9.17, 15) is 13.2 Å². The summed E-state index contributed by atoms with van der Waals surface area (Å²) in [5, 5.41) is 2.00. The fraction of sp³-hybridized carbons (Fsp3) is 0.350. The third-order valence-electron chi connectivity index (χ3n) is 4.79. The number of piperazine rings is 1. The summed E-state index contributed by atoms with van der Waals surface area (Å²) < 4.78 is 27.4. The summed E-state index contributed by atoms with van der Waals surface area (Å²) in [6.07, 6.45) is 3.41. The molecule has 1 aliphatic heterocycles. The molecule has 0 bridgehead atoms. The fourth-order valence-electron chi connectivity index (χ4n) is 3.08. The topological polar surface area (TPSA) is 57.7 Å². The zero-order chi connectivity index (χ0) is 19.6. The van der Waals surface area contributed by atoms with Gasteiger partial charge in [0.25, 0.3) is 0 Å². The second kappa shape index (κ2) is 7.96. The number of hydrogen-bond donors (Lipinski definition) is 0. The second-order valence-electron chi connectivity index (χ2n) is 6.80. The molecule has 0 unspecified atom stereocenters. The molecule has 7 heteroatoms. The predicted molar refractivity (Wildman–Crippen MR) is 109 cm³/mol. The summed E-state index contributed by atoms with van der Waals surface area (Å²) in [5.74, 6) is -0.0772. The summed E-state index contributed by atoms with van der Waals surface area (Å²) in [4.78, 5) is 15.5. The van der Waals surface area contributed by atoms with E-state index in [2.05, 4.69) is 0 Å². The van der Waals surface area contributed by atoms with Crippen molar-refractivity contribution < 1.29 is 13.2 Å². The van der Waals surface area contributed by atoms with Gasteiger partial charge in [-0.05, 0) is 61.1 Å². The van der Waals surface area contributed by atoms with Crippen LogP contribution < -0.4 is 0 Å². The normalized spacial score (nSPS) is 16.2. The Kier molecular flexibility index (Phi) is 5.83. The van der Waals surface area contributed by atoms with Crippen molar-refractivity contribution in [2.45, 2.75) is 25.7 Å². The van der Waals surface area contributed by atoms with Crippen LogP contribution in [0.2, 0.25) is 0 Å². The van der Waals surface area contributed by atoms with Gasteiger partial charge in [-0.15, -0.1) is 11.3 Å². The lowest BCUT2D eigenvalue weighted by Gasteiger charge is -2.33. The van der Waals surface area contributed by atoms with E-state index < -0.39 is 10.0 Å². The van der Waals surface area contributed by atoms with Crippen LogP contribution in [0, 0.1) is 20.8 Å². The fourth-order valence-corrected chi connectivity index (χ4v) is 5.63. The molecule has 3 rings (SSSR count). The highest BCUT2D eigenvalue weighted by Crippen LogP contribution is 2.23. The first-order chi connectivity index (χ1) is 12.8. The van der Waals surface area contributed by atoms with Crippen LogP contribution in [-0.4, -0.2) is 49.7 Å². The molecule has 27 heavy (non-hydrogen) atoms. The lowest BCUT2D eigenvalue weighted by Crippen LogP contribution is -2.50. The number of benzene rings is 1. The molecule has 2 heterocycles. The van der Waals surface area contributed by atoms with E-state index in [-0.39, 0.29) is 5.91 Å². The monoisotopic (exact) mass is 404 g/mol. The number of thiophene rings is 1. The number of sulfonamides is 1. The Morgan fingerprint density at radius 2 is 1.74 bits per heavy atom. The van der Waals surface area contributed by atoms with E-state index in [0.29, 0.717) is 31.1 Å². The lowest BCUT2D eigenvalue weighted by molar-refractivity contribution is -0.127. The van der Waals surface area contributed by atoms with E-state index in [1.807, 2.05) is 50.4 Å². The zero-order valence-corrected chi connectivity index (χ0v) is 17.4. The van der Waals surface area contributed by atoms with E-state index in [1.54, 1.807) is 28.4 Å². The molecule has 1 aromatic carbocycles. The Labute approximate surface area is 165 Å². The molecule has 0 N–H and O–H groups in total. The van der Waals surface area contributed by atoms with E-state index in [4.69, 9.17) is 0 Å². The molecule has 1 aromatic heterocycles. The summed E-state index contributed by atoms with van der Waals surface area (Å²) in [6, 6.07) is 7.48. The van der Waals surface area contributed by atoms with Gasteiger partial charge < -0.3 is 4.90 Å². The third kappa shape index (κ3) is 4.31. The molecule has 1 amide bonds. The minimum absolute atomic E-state index is 0.0772. The van der Waals surface area contributed by atoms with Gasteiger partial charge >= 0.3 is 0 Å². The minimum atomic E-state index is -3.54. The highest BCUT2D eigenvalue weighted by molar-refractivity contribution is 7.89. The molecule has 0 atom stereocenters. The maximum Gasteiger partial charge on any atom is 0.246 e. The molecule has 0 radical (unpaired) electrons. The van der Waals surface area contributed by atoms with Gasteiger partial charge in [0.1, 0.15) is 0 Å². The highest BCUT2D eigenvalue weighted by atomic mass is 32.2. The number of hydrogen-bond acceptors (Lipinski definition) is 4. The average molecular weight is 405 g/mol. The van der Waals surface area contributed by atoms with Crippen molar-refractivity contribution in [1.82, 2.24) is 9.21 Å². The Balaban J connectivity index is 1.66. The van der Waals surface area contributed by atoms with Gasteiger partial charge in [-0.2, -0.15) is 4.31 Å². The van der Waals surface area contributed by atoms with Crippen molar-refractivity contribution >= 4 is 33.3 Å². The molecule has 0 aliphatic carbocycles. The van der Waals surface area contributed by atoms with Crippen LogP contribution in [-0.2, 0) is 14.8 Å². The SMILES string of the molecule is Cc1ccc(C)c(S(=O)(=O)N2CCN(C(=O)/C=C/c3sccc3C)CC2)c1. The van der Waals surface area contributed by atoms with Crippen LogP contribution in [0.1, 0.15) is 21.6 Å². The zero-order valence-electron chi connectivity index (χ0n) is 15.8. The molecule has 1 saturated heterocycles. The number of amides is 1. The van der Waals surface area contributed by atoms with E-state index in [0.717, 1.165) is 21.6 Å². The van der Waals surface area contributed by atoms with Crippen molar-refractivity contribution in [2.75, 3.05) is 26.2 Å². The molecule has 1 aliphatic rings. The largest absolute Gasteiger partial charge is 0.337 e. The van der Waals surface area contributed by atoms with Gasteiger partial charge in [-0.25, -0.2) is 8.42 Å². The van der Waals surface area contributed by atoms with Crippen LogP contribution in [0.25, 0.3) is 6.08 Å². The van der Waals surface area contributed by atoms with Crippen molar-refractivity contribution in [3.63, 3.8) is 0 Å². The van der Waals surface area contributed by atoms with Gasteiger partial charge in [0.05, 0.1) is 4.90 Å². The molecule has 5 nitrogen and oxygen atoms in total. The van der Waals surface area contributed by atoms with Crippen LogP contribution in [0.5, 0.6) is 0 Å². The maximum absolute atomic E-state index is 13.0. The maximum atomic E-state index is 13.0. The number of carbonyl (C=O) groups excluding carboxylic acids is 1. The van der Waals surface area contributed by atoms with Crippen LogP contribution in [0.4, 0.5) is 0 Å². The standard InChI is InChI=1S/C20H24N2O3S2/c1-15-4-5-17(3)19(14-15)27(24,25)22-11-9-21(10-12-22)20(23)7-6-18-16(2)8-13-26-18/h4-8,13-14H,9-12H2,1-3H3/b7-6+. The third-order valence-corrected chi connectivity index (χ3v) is 7.82. The van der Waals surface area contributed by atoms with Crippen molar-refractivity contribution in [2.24, 2.45) is 0 Å². The van der Waals surface area contributed by atoms with Gasteiger partial charge in [0.2, 0.25) is 15.9 Å². The molecule has 0 spiro atoms. The summed E-state index contributed by atoms with van der Waals surface area (Å²) in [7, 11) is -3.54. The summed E-state index contributed by atoms with van der Waals surface area (Å²) in [5.41, 5.74) is 2.81. The molecule has 0 saturated carbocycles. The van der Waals surface area contributed by atoms with Gasteiger partial charge in [-0.1, -0.05) is 12.1 Å². The molecule has 1 fully saturated rings. The molecule has 144 valence electrons. The first-order valence-electron chi connectivity index (χ1n) is 8.87. The molecular weight excluding hydrogens is 380 g/mol. The number of nitrogens with zero attached hydrogens (tertiary/aromatic N) is 2. The predicted octanol–water partition coefficient (Wildman–Crippen LogP) is 3.22. The smallest absolute Gasteiger partial charge is 0.246 e. The number of aryl methyl sites for hydroxylation is 3. The van der Waals surface area contributed by atoms with Crippen molar-refractivity contribution in [3.8, 4) is 0 Å². The van der Waals surface area contributed by atoms with Crippen LogP contribution in [0.15, 0.2) is 40.6 Å². The van der Waals surface area contributed by atoms with Crippen molar-refractivity contribution in [1.29, 1.82) is 0 Å². The van der Waals surface area contributed by atoms with E-state index in [1.165, 1.54) is 4.31 Å². The van der Waals surface area contributed by atoms with Gasteiger partial charge in [0, 0.05) is 37.1 Å². The number of rotatable bonds is 4. The lowest BCUT2D eigenvalue weighted by atomic mass is 10.2. The first-order valence-corrected chi connectivity index (χ1v) is 11.2. The van der Waals surface area contributed by atoms with Gasteiger partial charge in [0.15, 0.2) is 0 Å².